The van der Waals surface area contributed by atoms with Crippen LogP contribution >= 0.6 is 11.8 Å². The summed E-state index contributed by atoms with van der Waals surface area (Å²) < 4.78 is 26.6. The maximum Gasteiger partial charge on any atom is 0.240 e. The number of thioether (sulfide) groups is 1. The van der Waals surface area contributed by atoms with Gasteiger partial charge in [-0.25, -0.2) is 13.1 Å². The zero-order chi connectivity index (χ0) is 13.6. The summed E-state index contributed by atoms with van der Waals surface area (Å²) >= 11 is 1.77. The molecule has 0 aliphatic rings. The number of aryl methyl sites for hydroxylation is 1. The van der Waals surface area contributed by atoms with Crippen LogP contribution in [0, 0.1) is 6.92 Å². The van der Waals surface area contributed by atoms with Gasteiger partial charge in [-0.1, -0.05) is 0 Å². The summed E-state index contributed by atoms with van der Waals surface area (Å²) in [6.45, 7) is 2.30. The predicted molar refractivity (Wildman–Crippen MR) is 78.4 cm³/mol. The quantitative estimate of drug-likeness (QED) is 0.594. The first kappa shape index (κ1) is 15.3. The molecule has 1 rings (SSSR count). The van der Waals surface area contributed by atoms with Gasteiger partial charge in [0.1, 0.15) is 0 Å². The molecule has 0 spiro atoms. The average Bonchev–Trinajstić information content (AvgIpc) is 2.27. The minimum Gasteiger partial charge on any atom is -0.399 e. The van der Waals surface area contributed by atoms with Crippen molar-refractivity contribution in [3.63, 3.8) is 0 Å². The molecule has 0 heterocycles. The van der Waals surface area contributed by atoms with E-state index in [4.69, 9.17) is 5.73 Å². The molecule has 1 aromatic rings. The number of benzene rings is 1. The summed E-state index contributed by atoms with van der Waals surface area (Å²) in [4.78, 5) is 0.241. The van der Waals surface area contributed by atoms with Gasteiger partial charge in [0, 0.05) is 12.2 Å². The molecule has 0 atom stereocenters. The third-order valence-electron chi connectivity index (χ3n) is 2.45. The number of hydrogen-bond acceptors (Lipinski definition) is 4. The Labute approximate surface area is 113 Å². The van der Waals surface area contributed by atoms with Crippen LogP contribution in [0.3, 0.4) is 0 Å². The van der Waals surface area contributed by atoms with Crippen molar-refractivity contribution < 1.29 is 8.42 Å². The first-order valence-corrected chi connectivity index (χ1v) is 8.69. The molecular formula is C12H20N2O2S2. The summed E-state index contributed by atoms with van der Waals surface area (Å²) in [5.41, 5.74) is 6.97. The van der Waals surface area contributed by atoms with Gasteiger partial charge < -0.3 is 5.73 Å². The number of sulfonamides is 1. The van der Waals surface area contributed by atoms with Crippen LogP contribution < -0.4 is 10.5 Å². The van der Waals surface area contributed by atoms with E-state index in [2.05, 4.69) is 4.72 Å². The fourth-order valence-corrected chi connectivity index (χ4v) is 3.30. The van der Waals surface area contributed by atoms with Crippen molar-refractivity contribution >= 4 is 27.5 Å². The van der Waals surface area contributed by atoms with Crippen LogP contribution in [-0.2, 0) is 10.0 Å². The van der Waals surface area contributed by atoms with Crippen LogP contribution in [-0.4, -0.2) is 27.0 Å². The first-order chi connectivity index (χ1) is 8.45. The summed E-state index contributed by atoms with van der Waals surface area (Å²) in [7, 11) is -3.43. The normalized spacial score (nSPS) is 11.7. The van der Waals surface area contributed by atoms with Crippen LogP contribution in [0.5, 0.6) is 0 Å². The van der Waals surface area contributed by atoms with Gasteiger partial charge in [-0.05, 0) is 55.5 Å². The SMILES string of the molecule is CSCCCCNS(=O)(=O)c1cc(C)cc(N)c1. The smallest absolute Gasteiger partial charge is 0.240 e. The van der Waals surface area contributed by atoms with E-state index in [0.717, 1.165) is 24.2 Å². The van der Waals surface area contributed by atoms with Gasteiger partial charge in [0.25, 0.3) is 0 Å². The monoisotopic (exact) mass is 288 g/mol. The van der Waals surface area contributed by atoms with E-state index in [1.54, 1.807) is 23.9 Å². The van der Waals surface area contributed by atoms with Gasteiger partial charge >= 0.3 is 0 Å². The lowest BCUT2D eigenvalue weighted by Crippen LogP contribution is -2.25. The molecule has 0 bridgehead atoms. The molecule has 0 aliphatic carbocycles. The molecule has 1 aromatic carbocycles. The Balaban J connectivity index is 2.63. The minimum atomic E-state index is -3.43. The van der Waals surface area contributed by atoms with E-state index in [1.807, 2.05) is 13.2 Å². The summed E-state index contributed by atoms with van der Waals surface area (Å²) in [5, 5.41) is 0. The molecule has 102 valence electrons. The lowest BCUT2D eigenvalue weighted by molar-refractivity contribution is 0.578. The van der Waals surface area contributed by atoms with Gasteiger partial charge in [0.2, 0.25) is 10.0 Å². The molecule has 0 aromatic heterocycles. The predicted octanol–water partition coefficient (Wildman–Crippen LogP) is 2.00. The minimum absolute atomic E-state index is 0.241. The van der Waals surface area contributed by atoms with Crippen molar-refractivity contribution in [3.8, 4) is 0 Å². The Morgan fingerprint density at radius 1 is 1.28 bits per heavy atom. The average molecular weight is 288 g/mol. The number of nitrogens with one attached hydrogen (secondary N) is 1. The lowest BCUT2D eigenvalue weighted by atomic mass is 10.2. The topological polar surface area (TPSA) is 72.2 Å². The molecule has 0 saturated carbocycles. The molecule has 0 saturated heterocycles. The van der Waals surface area contributed by atoms with Crippen LogP contribution in [0.4, 0.5) is 5.69 Å². The third kappa shape index (κ3) is 4.88. The molecule has 6 heteroatoms. The maximum absolute atomic E-state index is 12.0. The summed E-state index contributed by atoms with van der Waals surface area (Å²) in [6, 6.07) is 4.86. The highest BCUT2D eigenvalue weighted by Crippen LogP contribution is 2.16. The van der Waals surface area contributed by atoms with Gasteiger partial charge in [0.05, 0.1) is 4.90 Å². The zero-order valence-electron chi connectivity index (χ0n) is 10.8. The highest BCUT2D eigenvalue weighted by atomic mass is 32.2. The van der Waals surface area contributed by atoms with Crippen molar-refractivity contribution in [3.05, 3.63) is 23.8 Å². The number of rotatable bonds is 7. The van der Waals surface area contributed by atoms with Crippen LogP contribution in [0.2, 0.25) is 0 Å². The second-order valence-corrected chi connectivity index (χ2v) is 6.93. The van der Waals surface area contributed by atoms with Crippen LogP contribution in [0.25, 0.3) is 0 Å². The number of anilines is 1. The number of nitrogens with two attached hydrogens (primary N) is 1. The van der Waals surface area contributed by atoms with E-state index >= 15 is 0 Å². The van der Waals surface area contributed by atoms with Gasteiger partial charge in [-0.15, -0.1) is 0 Å². The number of unbranched alkanes of at least 4 members (excludes halogenated alkanes) is 1. The Hall–Kier alpha value is -0.720. The lowest BCUT2D eigenvalue weighted by Gasteiger charge is -2.08. The summed E-state index contributed by atoms with van der Waals surface area (Å²) in [6.07, 6.45) is 3.90. The Bertz CT molecular complexity index is 467. The molecule has 4 nitrogen and oxygen atoms in total. The molecule has 0 radical (unpaired) electrons. The molecule has 3 N–H and O–H groups in total. The van der Waals surface area contributed by atoms with Crippen LogP contribution in [0.15, 0.2) is 23.1 Å². The van der Waals surface area contributed by atoms with E-state index < -0.39 is 10.0 Å². The van der Waals surface area contributed by atoms with E-state index in [9.17, 15) is 8.42 Å². The van der Waals surface area contributed by atoms with Crippen molar-refractivity contribution in [1.82, 2.24) is 4.72 Å². The molecule has 0 aliphatic heterocycles. The first-order valence-electron chi connectivity index (χ1n) is 5.81. The summed E-state index contributed by atoms with van der Waals surface area (Å²) in [5.74, 6) is 1.05. The standard InChI is InChI=1S/C12H20N2O2S2/c1-10-7-11(13)9-12(8-10)18(15,16)14-5-3-4-6-17-2/h7-9,14H,3-6,13H2,1-2H3. The molecule has 0 amide bonds. The van der Waals surface area contributed by atoms with Crippen LogP contribution in [0.1, 0.15) is 18.4 Å². The van der Waals surface area contributed by atoms with Gasteiger partial charge in [-0.3, -0.25) is 0 Å². The third-order valence-corrected chi connectivity index (χ3v) is 4.59. The number of hydrogen-bond donors (Lipinski definition) is 2. The Kier molecular flexibility index (Phi) is 5.98. The van der Waals surface area contributed by atoms with Crippen molar-refractivity contribution in [1.29, 1.82) is 0 Å². The second kappa shape index (κ2) is 7.01. The van der Waals surface area contributed by atoms with E-state index in [0.29, 0.717) is 12.2 Å². The highest BCUT2D eigenvalue weighted by Gasteiger charge is 2.13. The molecule has 0 fully saturated rings. The Morgan fingerprint density at radius 3 is 2.61 bits per heavy atom. The molecule has 0 unspecified atom stereocenters. The van der Waals surface area contributed by atoms with E-state index in [1.165, 1.54) is 6.07 Å². The van der Waals surface area contributed by atoms with E-state index in [-0.39, 0.29) is 4.90 Å². The van der Waals surface area contributed by atoms with Crippen molar-refractivity contribution in [2.24, 2.45) is 0 Å². The number of nitrogen functional groups attached to an aromatic ring is 1. The molecular weight excluding hydrogens is 268 g/mol. The zero-order valence-corrected chi connectivity index (χ0v) is 12.4. The second-order valence-electron chi connectivity index (χ2n) is 4.18. The molecule has 18 heavy (non-hydrogen) atoms. The van der Waals surface area contributed by atoms with Crippen molar-refractivity contribution in [2.75, 3.05) is 24.3 Å². The Morgan fingerprint density at radius 2 is 2.00 bits per heavy atom. The fourth-order valence-electron chi connectivity index (χ4n) is 1.59. The van der Waals surface area contributed by atoms with Gasteiger partial charge in [0.15, 0.2) is 0 Å². The highest BCUT2D eigenvalue weighted by molar-refractivity contribution is 7.98. The van der Waals surface area contributed by atoms with Gasteiger partial charge in [-0.2, -0.15) is 11.8 Å². The fraction of sp³-hybridized carbons (Fsp3) is 0.500. The maximum atomic E-state index is 12.0. The largest absolute Gasteiger partial charge is 0.399 e. The van der Waals surface area contributed by atoms with Crippen molar-refractivity contribution in [2.45, 2.75) is 24.7 Å².